The zero-order valence-corrected chi connectivity index (χ0v) is 85.5. The quantitative estimate of drug-likeness (QED) is 0.0212. The van der Waals surface area contributed by atoms with Crippen LogP contribution in [0.25, 0.3) is 0 Å². The number of aromatic nitrogens is 4. The van der Waals surface area contributed by atoms with Gasteiger partial charge in [0.1, 0.15) is 0 Å². The molecule has 4 aliphatic heterocycles. The number of anilines is 12. The lowest BCUT2D eigenvalue weighted by Gasteiger charge is -2.38. The van der Waals surface area contributed by atoms with Crippen LogP contribution in [-0.4, -0.2) is 519 Å². The number of pyridine rings is 4. The van der Waals surface area contributed by atoms with Gasteiger partial charge >= 0.3 is 0 Å². The third kappa shape index (κ3) is 48.1. The van der Waals surface area contributed by atoms with Gasteiger partial charge < -0.3 is 165 Å². The summed E-state index contributed by atoms with van der Waals surface area (Å²) in [5.41, 5.74) is 31.6. The van der Waals surface area contributed by atoms with E-state index in [4.69, 9.17) is 73.8 Å². The van der Waals surface area contributed by atoms with Gasteiger partial charge in [-0.1, -0.05) is 55.4 Å². The van der Waals surface area contributed by atoms with Gasteiger partial charge in [0.05, 0.1) is 123 Å². The summed E-state index contributed by atoms with van der Waals surface area (Å²) in [7, 11) is 0. The van der Waals surface area contributed by atoms with E-state index in [-0.39, 0.29) is 52.9 Å². The SMILES string of the molecule is CCN(CC)CCCNCCN1CCN(CCNCCCN(CC)CC)c2ncc(N)cc21.CCN(CC)CCNCCN1CCN(CCNCCN(CC)CC)c2ncc(N)cc21.Nc1cnc2c(c1)N(CCNCCCN(CCO)CCO)CCN2CCNCCCN(CCO)CCO.Nc1cnc2c(c1)N(CCNCCN(CCO)CCO)CCN2CCNCCN(CCO)CCO. The molecule has 0 aromatic carbocycles. The summed E-state index contributed by atoms with van der Waals surface area (Å²) in [5, 5.41) is 101. The second-order valence-electron chi connectivity index (χ2n) is 35.0. The van der Waals surface area contributed by atoms with Gasteiger partial charge in [0, 0.05) is 262 Å². The van der Waals surface area contributed by atoms with Crippen LogP contribution >= 0.6 is 0 Å². The van der Waals surface area contributed by atoms with Gasteiger partial charge in [0.2, 0.25) is 0 Å². The molecule has 4 aromatic rings. The lowest BCUT2D eigenvalue weighted by Crippen LogP contribution is -2.46. The number of hydrogen-bond acceptors (Lipinski definition) is 40. The number of nitrogens with one attached hydrogen (secondary N) is 8. The van der Waals surface area contributed by atoms with Crippen molar-refractivity contribution in [2.24, 2.45) is 0 Å². The average molecular weight is 1920 g/mol. The van der Waals surface area contributed by atoms with Gasteiger partial charge in [0.25, 0.3) is 0 Å². The molecule has 136 heavy (non-hydrogen) atoms. The third-order valence-corrected chi connectivity index (χ3v) is 25.7. The van der Waals surface area contributed by atoms with Gasteiger partial charge in [0.15, 0.2) is 23.3 Å². The van der Waals surface area contributed by atoms with E-state index in [9.17, 15) is 0 Å². The molecule has 0 aliphatic carbocycles. The van der Waals surface area contributed by atoms with Crippen molar-refractivity contribution >= 4 is 68.8 Å². The molecule has 24 N–H and O–H groups in total. The number of rotatable bonds is 76. The number of aliphatic hydroxyl groups excluding tert-OH is 8. The summed E-state index contributed by atoms with van der Waals surface area (Å²) in [5.74, 6) is 4.06. The van der Waals surface area contributed by atoms with Crippen molar-refractivity contribution in [3.05, 3.63) is 49.1 Å². The van der Waals surface area contributed by atoms with E-state index >= 15 is 0 Å². The molecule has 4 aromatic heterocycles. The number of nitrogens with zero attached hydrogens (tertiary/aromatic N) is 20. The predicted molar refractivity (Wildman–Crippen MR) is 567 cm³/mol. The van der Waals surface area contributed by atoms with Crippen molar-refractivity contribution in [3.8, 4) is 0 Å². The van der Waals surface area contributed by atoms with Gasteiger partial charge in [-0.3, -0.25) is 19.6 Å². The fraction of sp³-hybridized carbons (Fsp3) is 0.792. The molecule has 784 valence electrons. The third-order valence-electron chi connectivity index (χ3n) is 25.7. The van der Waals surface area contributed by atoms with Crippen molar-refractivity contribution in [3.63, 3.8) is 0 Å². The Balaban J connectivity index is 0.000000321. The van der Waals surface area contributed by atoms with E-state index in [1.807, 2.05) is 21.9 Å². The summed E-state index contributed by atoms with van der Waals surface area (Å²) in [6.07, 6.45) is 11.3. The number of likely N-dealkylation sites (N-methyl/N-ethyl adjacent to an activating group) is 2. The number of fused-ring (bicyclic) bond motifs is 4. The smallest absolute Gasteiger partial charge is 0.152 e. The zero-order chi connectivity index (χ0) is 98.4. The zero-order valence-electron chi connectivity index (χ0n) is 85.5. The highest BCUT2D eigenvalue weighted by molar-refractivity contribution is 5.76. The van der Waals surface area contributed by atoms with Crippen LogP contribution in [-0.2, 0) is 0 Å². The number of hydrogen-bond donors (Lipinski definition) is 20. The standard InChI is InChI=1S/C25H50N8O4.C25H50N8.C23H46N8O4.C23H46N8/c26-23-21-24-25(29-22-23)33(10-6-28-4-2-8-31(15-19-36)16-20-37)12-11-32(24)9-5-27-3-1-7-30(13-17-34)14-18-35;1-5-30(6-2)15-9-11-27-13-17-32-19-20-33(25-24(32)21-23(26)22-29-25)18-14-28-12-10-16-31(7-3)8-4;24-21-19-22-23(27-20-21)31(8-4-26-2-6-29(13-17-34)14-18-35)10-9-30(22)7-3-25-1-5-28(11-15-32)12-16-33;1-5-28(6-2)13-9-25-11-15-30-17-18-31(23-22(30)19-21(24)20-27-23)16-12-26-10-14-29(7-3)8-4/h21-22,27-28,34-37H,1-20,26H2;21-22,27-28H,5-20,26H2,1-4H3;19-20,25-26,32-35H,1-18,24H2;19-20,25-26H,5-18,24H2,1-4H3. The summed E-state index contributed by atoms with van der Waals surface area (Å²) >= 11 is 0. The molecule has 4 aliphatic rings. The van der Waals surface area contributed by atoms with Crippen LogP contribution in [0.5, 0.6) is 0 Å². The molecular weight excluding hydrogens is 1730 g/mol. The fourth-order valence-electron chi connectivity index (χ4n) is 17.4. The molecule has 8 heterocycles. The van der Waals surface area contributed by atoms with Gasteiger partial charge in [-0.25, -0.2) is 19.9 Å². The first kappa shape index (κ1) is 120. The summed E-state index contributed by atoms with van der Waals surface area (Å²) < 4.78 is 0. The maximum Gasteiger partial charge on any atom is 0.152 e. The minimum atomic E-state index is 0.0941. The Morgan fingerprint density at radius 1 is 0.221 bits per heavy atom. The van der Waals surface area contributed by atoms with E-state index in [1.165, 1.54) is 37.3 Å². The van der Waals surface area contributed by atoms with Crippen LogP contribution in [0.15, 0.2) is 49.1 Å². The lowest BCUT2D eigenvalue weighted by molar-refractivity contribution is 0.159. The van der Waals surface area contributed by atoms with Crippen molar-refractivity contribution in [2.45, 2.75) is 81.1 Å². The van der Waals surface area contributed by atoms with Crippen molar-refractivity contribution in [1.29, 1.82) is 0 Å². The van der Waals surface area contributed by atoms with Gasteiger partial charge in [-0.05, 0) is 155 Å². The monoisotopic (exact) mass is 1920 g/mol. The fourth-order valence-corrected chi connectivity index (χ4v) is 17.4. The highest BCUT2D eigenvalue weighted by atomic mass is 16.3. The maximum atomic E-state index is 9.12. The summed E-state index contributed by atoms with van der Waals surface area (Å²) in [6.45, 7) is 69.9. The largest absolute Gasteiger partial charge is 0.397 e. The summed E-state index contributed by atoms with van der Waals surface area (Å²) in [6, 6.07) is 8.18. The number of aliphatic hydroxyl groups is 8. The van der Waals surface area contributed by atoms with Crippen LogP contribution in [0.4, 0.5) is 68.8 Å². The van der Waals surface area contributed by atoms with Crippen LogP contribution < -0.4 is 105 Å². The Labute approximate surface area is 818 Å². The van der Waals surface area contributed by atoms with Gasteiger partial charge in [-0.15, -0.1) is 0 Å². The first-order valence-corrected chi connectivity index (χ1v) is 51.8. The van der Waals surface area contributed by atoms with Gasteiger partial charge in [-0.2, -0.15) is 0 Å². The second kappa shape index (κ2) is 76.0. The molecular formula is C96H192N32O8. The number of nitrogens with two attached hydrogens (primary N) is 4. The lowest BCUT2D eigenvalue weighted by atomic mass is 10.2. The maximum absolute atomic E-state index is 9.12. The second-order valence-corrected chi connectivity index (χ2v) is 35.0. The minimum Gasteiger partial charge on any atom is -0.397 e. The molecule has 40 heteroatoms. The Kier molecular flexibility index (Phi) is 66.9. The van der Waals surface area contributed by atoms with Crippen molar-refractivity contribution in [1.82, 2.24) is 102 Å². The van der Waals surface area contributed by atoms with E-state index < -0.39 is 0 Å². The average Bonchev–Trinajstić information content (AvgIpc) is 0.813. The molecule has 0 saturated heterocycles. The first-order valence-electron chi connectivity index (χ1n) is 51.8. The first-order chi connectivity index (χ1) is 66.5. The topological polar surface area (TPSA) is 466 Å². The molecule has 0 bridgehead atoms. The highest BCUT2D eigenvalue weighted by Crippen LogP contribution is 2.36. The van der Waals surface area contributed by atoms with Crippen molar-refractivity contribution in [2.75, 3.05) is 481 Å². The normalized spacial score (nSPS) is 13.8. The molecule has 8 rings (SSSR count). The van der Waals surface area contributed by atoms with E-state index in [1.54, 1.807) is 24.8 Å². The van der Waals surface area contributed by atoms with E-state index in [0.717, 1.165) is 360 Å². The predicted octanol–water partition coefficient (Wildman–Crippen LogP) is -2.05. The molecule has 0 amide bonds. The Morgan fingerprint density at radius 3 is 0.581 bits per heavy atom. The molecule has 0 radical (unpaired) electrons. The highest BCUT2D eigenvalue weighted by Gasteiger charge is 2.29. The number of nitrogen functional groups attached to an aromatic ring is 4. The van der Waals surface area contributed by atoms with E-state index in [2.05, 4.69) is 189 Å². The Morgan fingerprint density at radius 2 is 0.382 bits per heavy atom. The van der Waals surface area contributed by atoms with Crippen molar-refractivity contribution < 1.29 is 40.9 Å². The minimum absolute atomic E-state index is 0.0941. The van der Waals surface area contributed by atoms with Crippen LogP contribution in [0, 0.1) is 0 Å². The van der Waals surface area contributed by atoms with Crippen LogP contribution in [0.2, 0.25) is 0 Å². The van der Waals surface area contributed by atoms with Crippen LogP contribution in [0.1, 0.15) is 81.1 Å². The molecule has 0 spiro atoms. The molecule has 40 nitrogen and oxygen atoms in total. The Bertz CT molecular complexity index is 3520. The molecule has 0 saturated carbocycles. The molecule has 0 atom stereocenters. The summed E-state index contributed by atoms with van der Waals surface area (Å²) in [4.78, 5) is 55.7. The van der Waals surface area contributed by atoms with Crippen LogP contribution in [0.3, 0.4) is 0 Å². The Hall–Kier alpha value is -6.76. The molecule has 0 unspecified atom stereocenters. The molecule has 0 fully saturated rings. The van der Waals surface area contributed by atoms with E-state index in [0.29, 0.717) is 63.7 Å².